The number of pyridine rings is 1. The summed E-state index contributed by atoms with van der Waals surface area (Å²) < 4.78 is 39.7. The van der Waals surface area contributed by atoms with Gasteiger partial charge in [0, 0.05) is 17.6 Å². The first kappa shape index (κ1) is 31.3. The lowest BCUT2D eigenvalue weighted by molar-refractivity contribution is -0.175. The molecule has 0 bridgehead atoms. The zero-order valence-corrected chi connectivity index (χ0v) is 22.9. The molecule has 0 radical (unpaired) electrons. The number of alkyl halides is 3. The number of aromatic nitrogens is 1. The number of carbonyl (C=O) groups is 4. The fourth-order valence-corrected chi connectivity index (χ4v) is 4.19. The van der Waals surface area contributed by atoms with Gasteiger partial charge in [0.1, 0.15) is 17.8 Å². The third-order valence-corrected chi connectivity index (χ3v) is 6.29. The fraction of sp³-hybridized carbons (Fsp3) is 0.276. The molecule has 8 nitrogen and oxygen atoms in total. The highest BCUT2D eigenvalue weighted by molar-refractivity contribution is 6.30. The molecule has 2 aromatic carbocycles. The summed E-state index contributed by atoms with van der Waals surface area (Å²) in [6.45, 7) is 2.72. The molecule has 3 atom stereocenters. The lowest BCUT2D eigenvalue weighted by atomic mass is 9.97. The Morgan fingerprint density at radius 2 is 1.54 bits per heavy atom. The Hall–Kier alpha value is -4.25. The van der Waals surface area contributed by atoms with E-state index in [-0.39, 0.29) is 17.7 Å². The molecule has 0 unspecified atom stereocenters. The molecule has 216 valence electrons. The summed E-state index contributed by atoms with van der Waals surface area (Å²) >= 11 is 6.09. The second kappa shape index (κ2) is 13.9. The van der Waals surface area contributed by atoms with Gasteiger partial charge in [-0.1, -0.05) is 74.0 Å². The van der Waals surface area contributed by atoms with Gasteiger partial charge in [-0.25, -0.2) is 0 Å². The van der Waals surface area contributed by atoms with Crippen molar-refractivity contribution in [1.82, 2.24) is 20.9 Å². The molecule has 0 aliphatic rings. The Labute approximate surface area is 239 Å². The van der Waals surface area contributed by atoms with Crippen molar-refractivity contribution in [3.05, 3.63) is 101 Å². The molecule has 0 saturated carbocycles. The highest BCUT2D eigenvalue weighted by Gasteiger charge is 2.45. The summed E-state index contributed by atoms with van der Waals surface area (Å²) in [6.07, 6.45) is -3.80. The van der Waals surface area contributed by atoms with Crippen molar-refractivity contribution < 1.29 is 32.3 Å². The third kappa shape index (κ3) is 8.87. The molecule has 1 aromatic heterocycles. The molecule has 0 aliphatic carbocycles. The van der Waals surface area contributed by atoms with Crippen molar-refractivity contribution in [3.8, 4) is 0 Å². The summed E-state index contributed by atoms with van der Waals surface area (Å²) in [6, 6.07) is 14.5. The molecule has 1 heterocycles. The summed E-state index contributed by atoms with van der Waals surface area (Å²) in [5.41, 5.74) is 0.882. The zero-order chi connectivity index (χ0) is 30.2. The first-order valence-electron chi connectivity index (χ1n) is 12.6. The standard InChI is InChI=1S/C29H28ClF3N4O4/c1-17(2)23(25(38)29(31,32)33)36-28(41)24(19-10-4-3-5-11-19)37-27(40)22(16-18-9-8-12-20(30)15-18)35-26(39)21-13-6-7-14-34-21/h3-15,17,22-24H,16H2,1-2H3,(H,35,39)(H,36,41)(H,37,40)/t22-,23+,24+/m1/s1. The Balaban J connectivity index is 1.92. The minimum atomic E-state index is -5.18. The van der Waals surface area contributed by atoms with Crippen LogP contribution in [0, 0.1) is 5.92 Å². The van der Waals surface area contributed by atoms with Gasteiger partial charge in [0.2, 0.25) is 11.8 Å². The number of carbonyl (C=O) groups excluding carboxylic acids is 4. The number of ketones is 1. The number of amides is 3. The van der Waals surface area contributed by atoms with E-state index in [4.69, 9.17) is 11.6 Å². The van der Waals surface area contributed by atoms with Crippen LogP contribution in [0.3, 0.4) is 0 Å². The van der Waals surface area contributed by atoms with E-state index in [2.05, 4.69) is 20.9 Å². The van der Waals surface area contributed by atoms with E-state index in [1.165, 1.54) is 38.2 Å². The van der Waals surface area contributed by atoms with Crippen LogP contribution >= 0.6 is 11.6 Å². The smallest absolute Gasteiger partial charge is 0.344 e. The maximum absolute atomic E-state index is 13.6. The Bertz CT molecular complexity index is 1370. The first-order chi connectivity index (χ1) is 19.4. The minimum absolute atomic E-state index is 0.0325. The SMILES string of the molecule is CC(C)[C@H](NC(=O)[C@@H](NC(=O)[C@@H](Cc1cccc(Cl)c1)NC(=O)c1ccccn1)c1ccccc1)C(=O)C(F)(F)F. The van der Waals surface area contributed by atoms with Crippen molar-refractivity contribution in [3.63, 3.8) is 0 Å². The number of hydrogen-bond acceptors (Lipinski definition) is 5. The molecule has 3 aromatic rings. The summed E-state index contributed by atoms with van der Waals surface area (Å²) in [5, 5.41) is 7.69. The van der Waals surface area contributed by atoms with Gasteiger partial charge in [-0.3, -0.25) is 24.2 Å². The van der Waals surface area contributed by atoms with Crippen LogP contribution in [0.25, 0.3) is 0 Å². The quantitative estimate of drug-likeness (QED) is 0.310. The van der Waals surface area contributed by atoms with Crippen LogP contribution in [-0.2, 0) is 20.8 Å². The second-order valence-electron chi connectivity index (χ2n) is 9.52. The molecular formula is C29H28ClF3N4O4. The van der Waals surface area contributed by atoms with Crippen molar-refractivity contribution in [2.24, 2.45) is 5.92 Å². The molecule has 0 spiro atoms. The topological polar surface area (TPSA) is 117 Å². The van der Waals surface area contributed by atoms with Gasteiger partial charge in [-0.15, -0.1) is 0 Å². The van der Waals surface area contributed by atoms with Gasteiger partial charge in [-0.05, 0) is 41.3 Å². The van der Waals surface area contributed by atoms with Crippen molar-refractivity contribution in [2.45, 2.75) is 44.6 Å². The van der Waals surface area contributed by atoms with Crippen LogP contribution in [0.5, 0.6) is 0 Å². The number of Topliss-reactive ketones (excluding diaryl/α,β-unsaturated/α-hetero) is 1. The van der Waals surface area contributed by atoms with Crippen molar-refractivity contribution >= 4 is 35.1 Å². The molecule has 3 N–H and O–H groups in total. The molecule has 3 amide bonds. The second-order valence-corrected chi connectivity index (χ2v) is 9.96. The van der Waals surface area contributed by atoms with Gasteiger partial charge in [-0.2, -0.15) is 13.2 Å². The van der Waals surface area contributed by atoms with E-state index < -0.39 is 53.7 Å². The molecule has 41 heavy (non-hydrogen) atoms. The summed E-state index contributed by atoms with van der Waals surface area (Å²) in [5.74, 6) is -5.50. The maximum Gasteiger partial charge on any atom is 0.452 e. The highest BCUT2D eigenvalue weighted by atomic mass is 35.5. The number of halogens is 4. The van der Waals surface area contributed by atoms with Crippen LogP contribution in [0.4, 0.5) is 13.2 Å². The average Bonchev–Trinajstić information content (AvgIpc) is 2.94. The van der Waals surface area contributed by atoms with Gasteiger partial charge in [0.25, 0.3) is 11.7 Å². The van der Waals surface area contributed by atoms with E-state index in [1.54, 1.807) is 54.6 Å². The molecule has 0 saturated heterocycles. The van der Waals surface area contributed by atoms with Crippen molar-refractivity contribution in [1.29, 1.82) is 0 Å². The fourth-order valence-electron chi connectivity index (χ4n) is 3.97. The number of nitrogens with one attached hydrogen (secondary N) is 3. The highest BCUT2D eigenvalue weighted by Crippen LogP contribution is 2.22. The summed E-state index contributed by atoms with van der Waals surface area (Å²) in [7, 11) is 0. The van der Waals surface area contributed by atoms with E-state index >= 15 is 0 Å². The van der Waals surface area contributed by atoms with Gasteiger partial charge >= 0.3 is 6.18 Å². The first-order valence-corrected chi connectivity index (χ1v) is 13.0. The predicted octanol–water partition coefficient (Wildman–Crippen LogP) is 4.21. The molecule has 0 aliphatic heterocycles. The molecule has 12 heteroatoms. The largest absolute Gasteiger partial charge is 0.452 e. The summed E-state index contributed by atoms with van der Waals surface area (Å²) in [4.78, 5) is 55.8. The van der Waals surface area contributed by atoms with E-state index in [0.717, 1.165) is 0 Å². The number of hydrogen-bond donors (Lipinski definition) is 3. The van der Waals surface area contributed by atoms with E-state index in [9.17, 15) is 32.3 Å². The van der Waals surface area contributed by atoms with Gasteiger partial charge < -0.3 is 16.0 Å². The zero-order valence-electron chi connectivity index (χ0n) is 22.1. The molecular weight excluding hydrogens is 561 g/mol. The lowest BCUT2D eigenvalue weighted by Crippen LogP contribution is -2.55. The number of nitrogens with zero attached hydrogens (tertiary/aromatic N) is 1. The average molecular weight is 589 g/mol. The van der Waals surface area contributed by atoms with Crippen molar-refractivity contribution in [2.75, 3.05) is 0 Å². The monoisotopic (exact) mass is 588 g/mol. The predicted molar refractivity (Wildman–Crippen MR) is 146 cm³/mol. The Kier molecular flexibility index (Phi) is 10.6. The van der Waals surface area contributed by atoms with Gasteiger partial charge in [0.15, 0.2) is 0 Å². The van der Waals surface area contributed by atoms with E-state index in [0.29, 0.717) is 10.6 Å². The minimum Gasteiger partial charge on any atom is -0.344 e. The lowest BCUT2D eigenvalue weighted by Gasteiger charge is -2.27. The number of benzene rings is 2. The van der Waals surface area contributed by atoms with Gasteiger partial charge in [0.05, 0.1) is 6.04 Å². The van der Waals surface area contributed by atoms with Crippen LogP contribution in [0.2, 0.25) is 5.02 Å². The maximum atomic E-state index is 13.6. The molecule has 0 fully saturated rings. The van der Waals surface area contributed by atoms with Crippen LogP contribution < -0.4 is 16.0 Å². The Morgan fingerprint density at radius 3 is 2.12 bits per heavy atom. The van der Waals surface area contributed by atoms with Crippen LogP contribution in [-0.4, -0.2) is 46.7 Å². The number of rotatable bonds is 11. The van der Waals surface area contributed by atoms with Crippen LogP contribution in [0.15, 0.2) is 79.0 Å². The normalized spacial score (nSPS) is 13.5. The Morgan fingerprint density at radius 1 is 0.854 bits per heavy atom. The van der Waals surface area contributed by atoms with Crippen LogP contribution in [0.1, 0.15) is 41.5 Å². The molecule has 3 rings (SSSR count). The third-order valence-electron chi connectivity index (χ3n) is 6.06. The van der Waals surface area contributed by atoms with E-state index in [1.807, 2.05) is 0 Å².